The Balaban J connectivity index is 1.77. The van der Waals surface area contributed by atoms with E-state index in [1.807, 2.05) is 66.9 Å². The highest BCUT2D eigenvalue weighted by Gasteiger charge is 2.03. The van der Waals surface area contributed by atoms with Crippen molar-refractivity contribution in [2.45, 2.75) is 20.5 Å². The Morgan fingerprint density at radius 3 is 2.48 bits per heavy atom. The number of aliphatic imine (C=N–C) groups is 1. The van der Waals surface area contributed by atoms with E-state index in [0.29, 0.717) is 6.61 Å². The minimum Gasteiger partial charge on any atom is -0.488 e. The fourth-order valence-corrected chi connectivity index (χ4v) is 2.60. The van der Waals surface area contributed by atoms with Crippen LogP contribution in [0.1, 0.15) is 22.3 Å². The Morgan fingerprint density at radius 2 is 1.68 bits per heavy atom. The van der Waals surface area contributed by atoms with Crippen molar-refractivity contribution in [1.82, 2.24) is 0 Å². The van der Waals surface area contributed by atoms with Gasteiger partial charge in [0.1, 0.15) is 12.4 Å². The summed E-state index contributed by atoms with van der Waals surface area (Å²) in [5, 5.41) is 0.727. The third-order valence-corrected chi connectivity index (χ3v) is 4.40. The van der Waals surface area contributed by atoms with Gasteiger partial charge in [-0.3, -0.25) is 4.99 Å². The van der Waals surface area contributed by atoms with Crippen molar-refractivity contribution >= 4 is 23.5 Å². The summed E-state index contributed by atoms with van der Waals surface area (Å²) in [6.45, 7) is 4.67. The van der Waals surface area contributed by atoms with Gasteiger partial charge in [0.15, 0.2) is 0 Å². The molecule has 3 rings (SSSR count). The second-order valence-corrected chi connectivity index (χ2v) is 6.37. The molecule has 0 radical (unpaired) electrons. The number of halogens is 1. The third kappa shape index (κ3) is 4.49. The van der Waals surface area contributed by atoms with Gasteiger partial charge >= 0.3 is 0 Å². The largest absolute Gasteiger partial charge is 0.488 e. The first-order valence-electron chi connectivity index (χ1n) is 8.20. The van der Waals surface area contributed by atoms with Crippen molar-refractivity contribution in [3.8, 4) is 5.75 Å². The zero-order valence-corrected chi connectivity index (χ0v) is 15.1. The second-order valence-electron chi connectivity index (χ2n) is 5.93. The molecule has 0 aliphatic rings. The summed E-state index contributed by atoms with van der Waals surface area (Å²) in [6.07, 6.45) is 1.86. The smallest absolute Gasteiger partial charge is 0.128 e. The molecule has 25 heavy (non-hydrogen) atoms. The molecule has 3 aromatic rings. The molecule has 0 N–H and O–H groups in total. The van der Waals surface area contributed by atoms with Gasteiger partial charge in [0.05, 0.1) is 5.69 Å². The van der Waals surface area contributed by atoms with Gasteiger partial charge in [-0.25, -0.2) is 0 Å². The van der Waals surface area contributed by atoms with Gasteiger partial charge in [-0.2, -0.15) is 0 Å². The van der Waals surface area contributed by atoms with E-state index in [1.54, 1.807) is 0 Å². The maximum absolute atomic E-state index is 5.97. The first-order chi connectivity index (χ1) is 12.1. The van der Waals surface area contributed by atoms with Crippen LogP contribution in [0.4, 0.5) is 5.69 Å². The zero-order valence-electron chi connectivity index (χ0n) is 14.4. The van der Waals surface area contributed by atoms with E-state index in [0.717, 1.165) is 27.6 Å². The summed E-state index contributed by atoms with van der Waals surface area (Å²) in [7, 11) is 0. The summed E-state index contributed by atoms with van der Waals surface area (Å²) < 4.78 is 5.97. The van der Waals surface area contributed by atoms with Gasteiger partial charge < -0.3 is 4.74 Å². The van der Waals surface area contributed by atoms with E-state index in [1.165, 1.54) is 11.1 Å². The van der Waals surface area contributed by atoms with Gasteiger partial charge in [-0.1, -0.05) is 48.0 Å². The highest BCUT2D eigenvalue weighted by atomic mass is 35.5. The number of hydrogen-bond donors (Lipinski definition) is 0. The highest BCUT2D eigenvalue weighted by molar-refractivity contribution is 6.30. The first kappa shape index (κ1) is 17.2. The monoisotopic (exact) mass is 349 g/mol. The summed E-state index contributed by atoms with van der Waals surface area (Å²) in [5.41, 5.74) is 5.44. The van der Waals surface area contributed by atoms with Crippen LogP contribution >= 0.6 is 11.6 Å². The van der Waals surface area contributed by atoms with Crippen molar-refractivity contribution in [3.05, 3.63) is 94.0 Å². The number of benzene rings is 3. The Bertz CT molecular complexity index is 885. The van der Waals surface area contributed by atoms with Crippen LogP contribution in [0, 0.1) is 13.8 Å². The number of ether oxygens (including phenoxy) is 1. The summed E-state index contributed by atoms with van der Waals surface area (Å²) in [4.78, 5) is 4.64. The lowest BCUT2D eigenvalue weighted by Gasteiger charge is -2.09. The van der Waals surface area contributed by atoms with Crippen molar-refractivity contribution in [2.75, 3.05) is 0 Å². The Labute approximate surface area is 153 Å². The van der Waals surface area contributed by atoms with Crippen LogP contribution in [0.5, 0.6) is 5.75 Å². The average molecular weight is 350 g/mol. The number of rotatable bonds is 5. The lowest BCUT2D eigenvalue weighted by atomic mass is 10.1. The standard InChI is InChI=1S/C22H20ClNO/c1-16-6-5-8-21(17(16)2)24-14-19-7-3-4-9-22(19)25-15-18-10-12-20(23)13-11-18/h3-14H,15H2,1-2H3. The highest BCUT2D eigenvalue weighted by Crippen LogP contribution is 2.23. The predicted octanol–water partition coefficient (Wildman–Crippen LogP) is 6.29. The third-order valence-electron chi connectivity index (χ3n) is 4.15. The molecule has 0 amide bonds. The lowest BCUT2D eigenvalue weighted by molar-refractivity contribution is 0.306. The van der Waals surface area contributed by atoms with Gasteiger partial charge in [0, 0.05) is 16.8 Å². The van der Waals surface area contributed by atoms with E-state index in [-0.39, 0.29) is 0 Å². The fourth-order valence-electron chi connectivity index (χ4n) is 2.47. The molecule has 0 aliphatic carbocycles. The van der Waals surface area contributed by atoms with Crippen LogP contribution in [0.3, 0.4) is 0 Å². The normalized spacial score (nSPS) is 11.0. The molecule has 126 valence electrons. The molecule has 3 aromatic carbocycles. The van der Waals surface area contributed by atoms with Crippen LogP contribution in [-0.4, -0.2) is 6.21 Å². The zero-order chi connectivity index (χ0) is 17.6. The molecular formula is C22H20ClNO. The van der Waals surface area contributed by atoms with Crippen LogP contribution in [0.15, 0.2) is 71.7 Å². The number of aryl methyl sites for hydroxylation is 1. The van der Waals surface area contributed by atoms with Crippen LogP contribution in [-0.2, 0) is 6.61 Å². The number of nitrogens with zero attached hydrogens (tertiary/aromatic N) is 1. The first-order valence-corrected chi connectivity index (χ1v) is 8.58. The number of hydrogen-bond acceptors (Lipinski definition) is 2. The van der Waals surface area contributed by atoms with Gasteiger partial charge in [0.25, 0.3) is 0 Å². The van der Waals surface area contributed by atoms with Crippen LogP contribution in [0.25, 0.3) is 0 Å². The molecule has 0 fully saturated rings. The van der Waals surface area contributed by atoms with E-state index in [4.69, 9.17) is 16.3 Å². The lowest BCUT2D eigenvalue weighted by Crippen LogP contribution is -1.98. The number of para-hydroxylation sites is 1. The molecule has 0 aliphatic heterocycles. The summed E-state index contributed by atoms with van der Waals surface area (Å²) in [6, 6.07) is 21.7. The molecule has 0 aromatic heterocycles. The van der Waals surface area contributed by atoms with E-state index in [2.05, 4.69) is 24.9 Å². The van der Waals surface area contributed by atoms with Crippen LogP contribution in [0.2, 0.25) is 5.02 Å². The van der Waals surface area contributed by atoms with Gasteiger partial charge in [-0.15, -0.1) is 0 Å². The Kier molecular flexibility index (Phi) is 5.52. The fraction of sp³-hybridized carbons (Fsp3) is 0.136. The Hall–Kier alpha value is -2.58. The van der Waals surface area contributed by atoms with Crippen molar-refractivity contribution in [2.24, 2.45) is 4.99 Å². The summed E-state index contributed by atoms with van der Waals surface area (Å²) >= 11 is 5.92. The average Bonchev–Trinajstić information content (AvgIpc) is 2.63. The van der Waals surface area contributed by atoms with Crippen molar-refractivity contribution < 1.29 is 4.74 Å². The van der Waals surface area contributed by atoms with E-state index in [9.17, 15) is 0 Å². The quantitative estimate of drug-likeness (QED) is 0.496. The molecular weight excluding hydrogens is 330 g/mol. The molecule has 2 nitrogen and oxygen atoms in total. The second kappa shape index (κ2) is 8.00. The van der Waals surface area contributed by atoms with Gasteiger partial charge in [-0.05, 0) is 60.9 Å². The van der Waals surface area contributed by atoms with Crippen LogP contribution < -0.4 is 4.74 Å². The molecule has 0 saturated carbocycles. The van der Waals surface area contributed by atoms with E-state index >= 15 is 0 Å². The van der Waals surface area contributed by atoms with Crippen molar-refractivity contribution in [3.63, 3.8) is 0 Å². The minimum atomic E-state index is 0.492. The van der Waals surface area contributed by atoms with Gasteiger partial charge in [0.2, 0.25) is 0 Å². The minimum absolute atomic E-state index is 0.492. The molecule has 0 bridgehead atoms. The SMILES string of the molecule is Cc1cccc(N=Cc2ccccc2OCc2ccc(Cl)cc2)c1C. The maximum atomic E-state index is 5.97. The topological polar surface area (TPSA) is 21.6 Å². The Morgan fingerprint density at radius 1 is 0.920 bits per heavy atom. The van der Waals surface area contributed by atoms with Crippen molar-refractivity contribution in [1.29, 1.82) is 0 Å². The van der Waals surface area contributed by atoms with E-state index < -0.39 is 0 Å². The molecule has 0 unspecified atom stereocenters. The molecule has 0 heterocycles. The molecule has 0 saturated heterocycles. The summed E-state index contributed by atoms with van der Waals surface area (Å²) in [5.74, 6) is 0.812. The maximum Gasteiger partial charge on any atom is 0.128 e. The molecule has 0 spiro atoms. The molecule has 3 heteroatoms. The predicted molar refractivity (Wildman–Crippen MR) is 105 cm³/mol. The molecule has 0 atom stereocenters.